The van der Waals surface area contributed by atoms with Gasteiger partial charge in [0.15, 0.2) is 0 Å². The minimum atomic E-state index is -0.620. The summed E-state index contributed by atoms with van der Waals surface area (Å²) in [6, 6.07) is 19.3. The zero-order chi connectivity index (χ0) is 44.0. The third-order valence-corrected chi connectivity index (χ3v) is 12.9. The lowest BCUT2D eigenvalue weighted by Gasteiger charge is -2.49. The van der Waals surface area contributed by atoms with Gasteiger partial charge >= 0.3 is 6.09 Å². The van der Waals surface area contributed by atoms with Crippen LogP contribution in [-0.2, 0) is 38.5 Å². The summed E-state index contributed by atoms with van der Waals surface area (Å²) in [4.78, 5) is 65.6. The number of halogens is 1. The molecule has 5 aliphatic heterocycles. The molecular weight excluding hydrogens is 804 g/mol. The molecule has 0 saturated carbocycles. The number of ether oxygens (including phenoxy) is 2. The SMILES string of the molecule is Cc1c(N2CCc3cnc(Nc4ccc(CC(=O)N5CCN(C6CN(c7ccc(C8CCC(=O)NC8=O)cc7)C6)CC5)c(F)c4)cc3C2)ccc2c1N(C(=O)OC(C)(C)C)CCO2.[HH].[HH]. The highest BCUT2D eigenvalue weighted by Crippen LogP contribution is 2.42. The van der Waals surface area contributed by atoms with Crippen LogP contribution in [0.1, 0.15) is 70.2 Å². The first-order chi connectivity index (χ1) is 30.3. The second-order valence-electron chi connectivity index (χ2n) is 18.2. The fourth-order valence-electron chi connectivity index (χ4n) is 9.38. The first-order valence-corrected chi connectivity index (χ1v) is 22.0. The summed E-state index contributed by atoms with van der Waals surface area (Å²) >= 11 is 0. The van der Waals surface area contributed by atoms with Crippen molar-refractivity contribution in [3.63, 3.8) is 0 Å². The number of carbonyl (C=O) groups excluding carboxylic acids is 4. The largest absolute Gasteiger partial charge is 0.490 e. The standard InChI is InChI=1S/C48H55FN8O6.2H2/c1-30-40(12-13-41-45(30)57(21-22-62-41)47(61)63-48(2,3)4)55-16-15-33-26-50-42(23-34(33)27-55)51-35-8-5-32(39(49)25-35)24-44(59)54-19-17-53(18-20-54)37-28-56(29-37)36-9-6-31(7-10-36)38-11-14-43(58)52-46(38)60;;/h5-10,12-13,23,25-26,37-38H,11,14-22,24,27-29H2,1-4H3,(H,50,51)(H,52,58,60);2*1H. The molecule has 0 aliphatic carbocycles. The predicted molar refractivity (Wildman–Crippen MR) is 243 cm³/mol. The zero-order valence-electron chi connectivity index (χ0n) is 36.4. The molecule has 6 heterocycles. The summed E-state index contributed by atoms with van der Waals surface area (Å²) in [5, 5.41) is 5.70. The van der Waals surface area contributed by atoms with E-state index < -0.39 is 17.5 Å². The van der Waals surface area contributed by atoms with Gasteiger partial charge in [-0.05, 0) is 105 Å². The molecule has 0 spiro atoms. The van der Waals surface area contributed by atoms with Crippen molar-refractivity contribution in [2.24, 2.45) is 0 Å². The van der Waals surface area contributed by atoms with Gasteiger partial charge in [-0.2, -0.15) is 0 Å². The topological polar surface area (TPSA) is 140 Å². The van der Waals surface area contributed by atoms with E-state index in [0.717, 1.165) is 78.5 Å². The van der Waals surface area contributed by atoms with Crippen molar-refractivity contribution in [1.82, 2.24) is 20.1 Å². The number of piperidine rings is 1. The van der Waals surface area contributed by atoms with Gasteiger partial charge in [0, 0.05) is 96.5 Å². The number of pyridine rings is 1. The van der Waals surface area contributed by atoms with E-state index in [-0.39, 0.29) is 32.9 Å². The molecule has 2 N–H and O–H groups in total. The molecule has 334 valence electrons. The Morgan fingerprint density at radius 1 is 0.937 bits per heavy atom. The van der Waals surface area contributed by atoms with Crippen molar-refractivity contribution < 1.29 is 35.9 Å². The average molecular weight is 863 g/mol. The van der Waals surface area contributed by atoms with Crippen molar-refractivity contribution in [2.45, 2.75) is 77.5 Å². The molecule has 0 radical (unpaired) electrons. The van der Waals surface area contributed by atoms with E-state index in [0.29, 0.717) is 74.5 Å². The van der Waals surface area contributed by atoms with Crippen molar-refractivity contribution in [1.29, 1.82) is 0 Å². The van der Waals surface area contributed by atoms with Gasteiger partial charge in [-0.25, -0.2) is 14.2 Å². The van der Waals surface area contributed by atoms with Gasteiger partial charge in [0.1, 0.15) is 29.6 Å². The van der Waals surface area contributed by atoms with Crippen LogP contribution in [0.5, 0.6) is 5.75 Å². The third kappa shape index (κ3) is 9.01. The molecule has 14 nitrogen and oxygen atoms in total. The Labute approximate surface area is 370 Å². The van der Waals surface area contributed by atoms with Crippen LogP contribution < -0.4 is 30.1 Å². The van der Waals surface area contributed by atoms with E-state index >= 15 is 4.39 Å². The number of carbonyl (C=O) groups is 4. The van der Waals surface area contributed by atoms with E-state index in [2.05, 4.69) is 30.3 Å². The monoisotopic (exact) mass is 862 g/mol. The molecule has 5 aliphatic rings. The lowest BCUT2D eigenvalue weighted by molar-refractivity contribution is -0.134. The van der Waals surface area contributed by atoms with E-state index in [4.69, 9.17) is 9.47 Å². The molecule has 1 aromatic heterocycles. The normalized spacial score (nSPS) is 19.4. The van der Waals surface area contributed by atoms with Crippen molar-refractivity contribution >= 4 is 52.4 Å². The van der Waals surface area contributed by atoms with Gasteiger partial charge in [0.25, 0.3) is 0 Å². The van der Waals surface area contributed by atoms with Crippen molar-refractivity contribution in [3.8, 4) is 5.75 Å². The van der Waals surface area contributed by atoms with Crippen molar-refractivity contribution in [2.75, 3.05) is 79.0 Å². The summed E-state index contributed by atoms with van der Waals surface area (Å²) in [6.07, 6.45) is 3.17. The van der Waals surface area contributed by atoms with Crippen LogP contribution in [-0.4, -0.2) is 109 Å². The second kappa shape index (κ2) is 17.2. The van der Waals surface area contributed by atoms with Crippen molar-refractivity contribution in [3.05, 3.63) is 100 Å². The fourth-order valence-corrected chi connectivity index (χ4v) is 9.38. The minimum absolute atomic E-state index is 0. The summed E-state index contributed by atoms with van der Waals surface area (Å²) in [6.45, 7) is 14.3. The molecule has 1 atom stereocenters. The number of nitrogens with one attached hydrogen (secondary N) is 2. The molecule has 1 unspecified atom stereocenters. The molecule has 3 aromatic carbocycles. The molecule has 3 fully saturated rings. The molecule has 0 bridgehead atoms. The van der Waals surface area contributed by atoms with E-state index in [1.807, 2.05) is 81.3 Å². The van der Waals surface area contributed by atoms with E-state index in [9.17, 15) is 19.2 Å². The van der Waals surface area contributed by atoms with Crippen LogP contribution >= 0.6 is 0 Å². The summed E-state index contributed by atoms with van der Waals surface area (Å²) in [7, 11) is 0. The first kappa shape index (κ1) is 42.1. The summed E-state index contributed by atoms with van der Waals surface area (Å²) in [5.41, 5.74) is 7.26. The van der Waals surface area contributed by atoms with Crippen LogP contribution in [0.3, 0.4) is 0 Å². The average Bonchev–Trinajstić information content (AvgIpc) is 3.24. The molecule has 3 saturated heterocycles. The quantitative estimate of drug-likeness (QED) is 0.186. The molecular formula is C48H59FN8O6. The first-order valence-electron chi connectivity index (χ1n) is 22.0. The Morgan fingerprint density at radius 3 is 2.44 bits per heavy atom. The van der Waals surface area contributed by atoms with Crippen LogP contribution in [0.15, 0.2) is 66.9 Å². The highest BCUT2D eigenvalue weighted by atomic mass is 19.1. The number of aromatic nitrogens is 1. The number of amides is 4. The zero-order valence-corrected chi connectivity index (χ0v) is 36.4. The van der Waals surface area contributed by atoms with E-state index in [1.54, 1.807) is 17.0 Å². The van der Waals surface area contributed by atoms with E-state index in [1.165, 1.54) is 6.07 Å². The number of fused-ring (bicyclic) bond motifs is 2. The van der Waals surface area contributed by atoms with Crippen LogP contribution in [0.4, 0.5) is 37.8 Å². The van der Waals surface area contributed by atoms with Gasteiger partial charge in [-0.15, -0.1) is 0 Å². The molecule has 4 aromatic rings. The number of piperazine rings is 1. The number of nitrogens with zero attached hydrogens (tertiary/aromatic N) is 6. The highest BCUT2D eigenvalue weighted by molar-refractivity contribution is 6.01. The van der Waals surface area contributed by atoms with Gasteiger partial charge < -0.3 is 29.5 Å². The van der Waals surface area contributed by atoms with Gasteiger partial charge in [-0.1, -0.05) is 18.2 Å². The molecule has 63 heavy (non-hydrogen) atoms. The number of imide groups is 1. The molecule has 4 amide bonds. The predicted octanol–water partition coefficient (Wildman–Crippen LogP) is 6.56. The third-order valence-electron chi connectivity index (χ3n) is 12.9. The Morgan fingerprint density at radius 2 is 1.71 bits per heavy atom. The van der Waals surface area contributed by atoms with Gasteiger partial charge in [0.05, 0.1) is 24.6 Å². The van der Waals surface area contributed by atoms with Crippen LogP contribution in [0.25, 0.3) is 0 Å². The van der Waals surface area contributed by atoms with Gasteiger partial charge in [-0.3, -0.25) is 29.5 Å². The highest BCUT2D eigenvalue weighted by Gasteiger charge is 2.36. The molecule has 9 rings (SSSR count). The summed E-state index contributed by atoms with van der Waals surface area (Å²) < 4.78 is 27.2. The number of hydrogen-bond donors (Lipinski definition) is 2. The Balaban J connectivity index is 0.00000315. The maximum atomic E-state index is 15.5. The van der Waals surface area contributed by atoms with Crippen LogP contribution in [0.2, 0.25) is 0 Å². The Kier molecular flexibility index (Phi) is 11.5. The van der Waals surface area contributed by atoms with Gasteiger partial charge in [0.2, 0.25) is 17.7 Å². The second-order valence-corrected chi connectivity index (χ2v) is 18.2. The number of anilines is 5. The summed E-state index contributed by atoms with van der Waals surface area (Å²) in [5.74, 6) is 0.0137. The number of hydrogen-bond acceptors (Lipinski definition) is 11. The Bertz CT molecular complexity index is 2440. The maximum absolute atomic E-state index is 15.5. The number of benzene rings is 3. The lowest BCUT2D eigenvalue weighted by atomic mass is 9.90. The minimum Gasteiger partial charge on any atom is -0.490 e. The fraction of sp³-hybridized carbons (Fsp3) is 0.438. The molecule has 15 heteroatoms. The van der Waals surface area contributed by atoms with Crippen LogP contribution in [0, 0.1) is 12.7 Å². The Hall–Kier alpha value is -6.22. The number of rotatable bonds is 8. The maximum Gasteiger partial charge on any atom is 0.415 e. The smallest absolute Gasteiger partial charge is 0.415 e. The lowest BCUT2D eigenvalue weighted by Crippen LogP contribution is -2.63.